The van der Waals surface area contributed by atoms with E-state index in [1.54, 1.807) is 0 Å². The lowest BCUT2D eigenvalue weighted by molar-refractivity contribution is 0.313. The van der Waals surface area contributed by atoms with Crippen molar-refractivity contribution in [2.75, 3.05) is 0 Å². The van der Waals surface area contributed by atoms with Crippen LogP contribution in [0.2, 0.25) is 0 Å². The second-order valence-electron chi connectivity index (χ2n) is 3.60. The molecule has 2 unspecified atom stereocenters. The molecule has 0 heterocycles. The Kier molecular flexibility index (Phi) is 12.4. The van der Waals surface area contributed by atoms with Crippen molar-refractivity contribution in [3.8, 4) is 0 Å². The van der Waals surface area contributed by atoms with Crippen molar-refractivity contribution >= 4 is 11.4 Å². The summed E-state index contributed by atoms with van der Waals surface area (Å²) in [7, 11) is 0. The standard InChI is InChI=1S/C7H17N.H3N.H2O3S/c1-5-6(8)7(2,3)4;;1-4(2)3/h6H,5,8H2,1-4H3;1H3;(H2,1,2,3)/p-1. The molecule has 0 bridgehead atoms. The van der Waals surface area contributed by atoms with Gasteiger partial charge in [0, 0.05) is 6.04 Å². The molecular formula is C7H21N2O3S-. The zero-order valence-electron chi connectivity index (χ0n) is 8.74. The van der Waals surface area contributed by atoms with Crippen LogP contribution in [0.1, 0.15) is 34.1 Å². The zero-order valence-corrected chi connectivity index (χ0v) is 9.56. The molecule has 6 heteroatoms. The highest BCUT2D eigenvalue weighted by Crippen LogP contribution is 2.18. The average molecular weight is 213 g/mol. The predicted octanol–water partition coefficient (Wildman–Crippen LogP) is 1.27. The summed E-state index contributed by atoms with van der Waals surface area (Å²) in [5, 5.41) is 0. The number of hydrogen-bond donors (Lipinski definition) is 3. The predicted molar refractivity (Wildman–Crippen MR) is 54.3 cm³/mol. The quantitative estimate of drug-likeness (QED) is 0.566. The molecule has 2 atom stereocenters. The van der Waals surface area contributed by atoms with Crippen molar-refractivity contribution in [1.29, 1.82) is 0 Å². The Morgan fingerprint density at radius 1 is 1.54 bits per heavy atom. The first-order valence-corrected chi connectivity index (χ1v) is 4.79. The van der Waals surface area contributed by atoms with Crippen molar-refractivity contribution in [1.82, 2.24) is 6.15 Å². The highest BCUT2D eigenvalue weighted by molar-refractivity contribution is 7.73. The fraction of sp³-hybridized carbons (Fsp3) is 1.00. The molecule has 13 heavy (non-hydrogen) atoms. The minimum absolute atomic E-state index is 0. The lowest BCUT2D eigenvalue weighted by Gasteiger charge is -2.25. The van der Waals surface area contributed by atoms with Gasteiger partial charge in [0.2, 0.25) is 0 Å². The van der Waals surface area contributed by atoms with E-state index in [0.29, 0.717) is 6.04 Å². The van der Waals surface area contributed by atoms with Crippen molar-refractivity contribution < 1.29 is 13.3 Å². The van der Waals surface area contributed by atoms with E-state index < -0.39 is 11.4 Å². The van der Waals surface area contributed by atoms with Crippen LogP contribution in [0.15, 0.2) is 0 Å². The third kappa shape index (κ3) is 18.7. The van der Waals surface area contributed by atoms with Crippen molar-refractivity contribution in [3.63, 3.8) is 0 Å². The molecule has 84 valence electrons. The fourth-order valence-corrected chi connectivity index (χ4v) is 0.612. The van der Waals surface area contributed by atoms with Crippen LogP contribution in [0, 0.1) is 5.41 Å². The van der Waals surface area contributed by atoms with Crippen LogP contribution >= 0.6 is 0 Å². The topological polar surface area (TPSA) is 121 Å². The van der Waals surface area contributed by atoms with E-state index in [4.69, 9.17) is 19.0 Å². The van der Waals surface area contributed by atoms with Gasteiger partial charge in [-0.25, -0.2) is 4.21 Å². The van der Waals surface area contributed by atoms with Crippen LogP contribution in [0.25, 0.3) is 0 Å². The summed E-state index contributed by atoms with van der Waals surface area (Å²) >= 11 is -2.86. The van der Waals surface area contributed by atoms with Gasteiger partial charge in [0.1, 0.15) is 0 Å². The first-order valence-electron chi connectivity index (χ1n) is 3.75. The Bertz CT molecular complexity index is 132. The molecule has 0 aromatic carbocycles. The molecule has 0 aromatic rings. The van der Waals surface area contributed by atoms with Crippen LogP contribution in [0.5, 0.6) is 0 Å². The van der Waals surface area contributed by atoms with Gasteiger partial charge in [0.25, 0.3) is 0 Å². The molecule has 0 radical (unpaired) electrons. The molecule has 0 spiro atoms. The summed E-state index contributed by atoms with van der Waals surface area (Å²) < 4.78 is 24.1. The molecule has 6 N–H and O–H groups in total. The SMILES string of the molecule is CCC(N)C(C)(C)C.N.O=S([O-])O. The van der Waals surface area contributed by atoms with Crippen LogP contribution in [-0.4, -0.2) is 19.4 Å². The van der Waals surface area contributed by atoms with Gasteiger partial charge < -0.3 is 21.0 Å². The molecule has 0 fully saturated rings. The van der Waals surface area contributed by atoms with E-state index in [1.807, 2.05) is 0 Å². The van der Waals surface area contributed by atoms with E-state index in [9.17, 15) is 0 Å². The van der Waals surface area contributed by atoms with E-state index in [1.165, 1.54) is 0 Å². The molecule has 0 rings (SSSR count). The largest absolute Gasteiger partial charge is 0.750 e. The molecular weight excluding hydrogens is 192 g/mol. The van der Waals surface area contributed by atoms with Gasteiger partial charge in [-0.1, -0.05) is 27.7 Å². The molecule has 0 saturated heterocycles. The second-order valence-corrected chi connectivity index (χ2v) is 4.03. The third-order valence-electron chi connectivity index (χ3n) is 1.55. The van der Waals surface area contributed by atoms with Crippen LogP contribution in [0.4, 0.5) is 0 Å². The summed E-state index contributed by atoms with van der Waals surface area (Å²) in [6.07, 6.45) is 1.07. The average Bonchev–Trinajstić information content (AvgIpc) is 1.82. The van der Waals surface area contributed by atoms with Gasteiger partial charge in [0.05, 0.1) is 11.4 Å². The number of rotatable bonds is 1. The molecule has 0 aliphatic rings. The van der Waals surface area contributed by atoms with Crippen molar-refractivity contribution in [2.45, 2.75) is 40.2 Å². The van der Waals surface area contributed by atoms with Crippen molar-refractivity contribution in [2.24, 2.45) is 11.1 Å². The molecule has 0 aromatic heterocycles. The monoisotopic (exact) mass is 213 g/mol. The summed E-state index contributed by atoms with van der Waals surface area (Å²) in [5.41, 5.74) is 6.04. The van der Waals surface area contributed by atoms with Crippen LogP contribution < -0.4 is 11.9 Å². The lowest BCUT2D eigenvalue weighted by atomic mass is 9.86. The molecule has 5 nitrogen and oxygen atoms in total. The minimum Gasteiger partial charge on any atom is -0.750 e. The molecule has 0 aliphatic carbocycles. The van der Waals surface area contributed by atoms with Gasteiger partial charge in [-0.05, 0) is 11.8 Å². The van der Waals surface area contributed by atoms with Crippen LogP contribution in [0.3, 0.4) is 0 Å². The molecule has 0 saturated carbocycles. The Morgan fingerprint density at radius 3 is 1.77 bits per heavy atom. The fourth-order valence-electron chi connectivity index (χ4n) is 0.612. The first kappa shape index (κ1) is 18.7. The summed E-state index contributed by atoms with van der Waals surface area (Å²) in [5.74, 6) is 0. The van der Waals surface area contributed by atoms with E-state index in [0.717, 1.165) is 6.42 Å². The Balaban J connectivity index is -0.000000173. The first-order chi connectivity index (χ1) is 5.21. The summed E-state index contributed by atoms with van der Waals surface area (Å²) in [6, 6.07) is 0.350. The highest BCUT2D eigenvalue weighted by atomic mass is 32.2. The Labute approximate surface area is 82.8 Å². The lowest BCUT2D eigenvalue weighted by Crippen LogP contribution is -2.33. The van der Waals surface area contributed by atoms with Gasteiger partial charge >= 0.3 is 0 Å². The van der Waals surface area contributed by atoms with E-state index in [-0.39, 0.29) is 11.6 Å². The maximum absolute atomic E-state index is 8.56. The van der Waals surface area contributed by atoms with Gasteiger partial charge in [0.15, 0.2) is 0 Å². The maximum Gasteiger partial charge on any atom is 0.0814 e. The summed E-state index contributed by atoms with van der Waals surface area (Å²) in [6.45, 7) is 8.62. The minimum atomic E-state index is -2.86. The van der Waals surface area contributed by atoms with Gasteiger partial charge in [-0.3, -0.25) is 0 Å². The Hall–Kier alpha value is -0.0100. The summed E-state index contributed by atoms with van der Waals surface area (Å²) in [4.78, 5) is 0. The third-order valence-corrected chi connectivity index (χ3v) is 1.55. The van der Waals surface area contributed by atoms with E-state index in [2.05, 4.69) is 27.7 Å². The molecule has 0 aliphatic heterocycles. The smallest absolute Gasteiger partial charge is 0.0814 e. The zero-order chi connectivity index (χ0) is 10.4. The normalized spacial score (nSPS) is 14.7. The van der Waals surface area contributed by atoms with E-state index >= 15 is 0 Å². The van der Waals surface area contributed by atoms with Gasteiger partial charge in [-0.15, -0.1) is 0 Å². The molecule has 0 amide bonds. The second kappa shape index (κ2) is 8.58. The van der Waals surface area contributed by atoms with Crippen molar-refractivity contribution in [3.05, 3.63) is 0 Å². The highest BCUT2D eigenvalue weighted by Gasteiger charge is 2.17. The number of nitrogens with two attached hydrogens (primary N) is 1. The van der Waals surface area contributed by atoms with Gasteiger partial charge in [-0.2, -0.15) is 0 Å². The number of hydrogen-bond acceptors (Lipinski definition) is 4. The maximum atomic E-state index is 8.56. The van der Waals surface area contributed by atoms with Crippen LogP contribution in [-0.2, 0) is 11.4 Å². The Morgan fingerprint density at radius 2 is 1.77 bits per heavy atom.